The van der Waals surface area contributed by atoms with Gasteiger partial charge in [-0.25, -0.2) is 5.01 Å². The number of fused-ring (bicyclic) bond motifs is 1. The van der Waals surface area contributed by atoms with Gasteiger partial charge in [0.05, 0.1) is 18.3 Å². The summed E-state index contributed by atoms with van der Waals surface area (Å²) >= 11 is 0. The van der Waals surface area contributed by atoms with Gasteiger partial charge in [-0.2, -0.15) is 5.10 Å². The zero-order valence-corrected chi connectivity index (χ0v) is 17.0. The van der Waals surface area contributed by atoms with Gasteiger partial charge in [-0.05, 0) is 34.9 Å². The van der Waals surface area contributed by atoms with Crippen LogP contribution >= 0.6 is 0 Å². The first-order valence-corrected chi connectivity index (χ1v) is 10.3. The highest BCUT2D eigenvalue weighted by Crippen LogP contribution is 2.20. The normalized spacial score (nSPS) is 14.4. The Balaban J connectivity index is 1.30. The van der Waals surface area contributed by atoms with E-state index < -0.39 is 0 Å². The molecule has 0 saturated heterocycles. The van der Waals surface area contributed by atoms with E-state index in [0.29, 0.717) is 6.54 Å². The lowest BCUT2D eigenvalue weighted by molar-refractivity contribution is -0.133. The third-order valence-electron chi connectivity index (χ3n) is 5.41. The van der Waals surface area contributed by atoms with Gasteiger partial charge in [0, 0.05) is 19.3 Å². The lowest BCUT2D eigenvalue weighted by Gasteiger charge is -2.16. The monoisotopic (exact) mass is 399 g/mol. The van der Waals surface area contributed by atoms with Crippen LogP contribution in [-0.4, -0.2) is 29.1 Å². The van der Waals surface area contributed by atoms with Crippen LogP contribution in [0.5, 0.6) is 0 Å². The first kappa shape index (κ1) is 19.8. The molecule has 1 aliphatic rings. The summed E-state index contributed by atoms with van der Waals surface area (Å²) in [4.78, 5) is 24.8. The standard InChI is InChI=1S/C25H25N3O2/c1-18(21-12-11-19-7-5-6-10-22(19)17-21)26-24(29)13-14-25(30)28-16-15-23(27-28)20-8-3-2-4-9-20/h2-12,17-18H,13-16H2,1H3,(H,26,29). The van der Waals surface area contributed by atoms with Gasteiger partial charge in [0.2, 0.25) is 11.8 Å². The fraction of sp³-hybridized carbons (Fsp3) is 0.240. The summed E-state index contributed by atoms with van der Waals surface area (Å²) in [5.41, 5.74) is 3.00. The molecule has 0 spiro atoms. The molecular formula is C25H25N3O2. The molecule has 152 valence electrons. The third-order valence-corrected chi connectivity index (χ3v) is 5.41. The fourth-order valence-corrected chi connectivity index (χ4v) is 3.69. The Morgan fingerprint density at radius 2 is 1.70 bits per heavy atom. The Bertz CT molecular complexity index is 1090. The molecule has 1 unspecified atom stereocenters. The van der Waals surface area contributed by atoms with Crippen LogP contribution in [0.15, 0.2) is 77.9 Å². The number of nitrogens with one attached hydrogen (secondary N) is 1. The van der Waals surface area contributed by atoms with E-state index in [4.69, 9.17) is 0 Å². The highest BCUT2D eigenvalue weighted by Gasteiger charge is 2.22. The average Bonchev–Trinajstić information content (AvgIpc) is 3.28. The molecule has 5 heteroatoms. The van der Waals surface area contributed by atoms with Crippen molar-refractivity contribution < 1.29 is 9.59 Å². The van der Waals surface area contributed by atoms with Crippen molar-refractivity contribution in [3.8, 4) is 0 Å². The van der Waals surface area contributed by atoms with E-state index in [0.717, 1.165) is 28.6 Å². The summed E-state index contributed by atoms with van der Waals surface area (Å²) in [6.07, 6.45) is 1.05. The highest BCUT2D eigenvalue weighted by molar-refractivity contribution is 6.02. The molecule has 5 nitrogen and oxygen atoms in total. The second-order valence-electron chi connectivity index (χ2n) is 7.58. The van der Waals surface area contributed by atoms with Gasteiger partial charge in [0.1, 0.15) is 0 Å². The van der Waals surface area contributed by atoms with Crippen molar-refractivity contribution in [2.75, 3.05) is 6.54 Å². The van der Waals surface area contributed by atoms with E-state index in [1.165, 1.54) is 10.4 Å². The first-order chi connectivity index (χ1) is 14.6. The van der Waals surface area contributed by atoms with E-state index in [2.05, 4.69) is 34.7 Å². The van der Waals surface area contributed by atoms with Crippen molar-refractivity contribution >= 4 is 28.3 Å². The smallest absolute Gasteiger partial charge is 0.243 e. The molecule has 0 aromatic heterocycles. The third kappa shape index (κ3) is 4.57. The molecule has 2 amide bonds. The molecule has 0 radical (unpaired) electrons. The molecule has 0 fully saturated rings. The predicted molar refractivity (Wildman–Crippen MR) is 119 cm³/mol. The minimum Gasteiger partial charge on any atom is -0.350 e. The Kier molecular flexibility index (Phi) is 5.89. The van der Waals surface area contributed by atoms with Gasteiger partial charge in [-0.1, -0.05) is 66.7 Å². The van der Waals surface area contributed by atoms with Gasteiger partial charge >= 0.3 is 0 Å². The molecule has 0 aliphatic carbocycles. The van der Waals surface area contributed by atoms with Crippen LogP contribution in [0.25, 0.3) is 10.8 Å². The van der Waals surface area contributed by atoms with Crippen LogP contribution in [0.2, 0.25) is 0 Å². The summed E-state index contributed by atoms with van der Waals surface area (Å²) in [6.45, 7) is 2.53. The Morgan fingerprint density at radius 3 is 2.50 bits per heavy atom. The van der Waals surface area contributed by atoms with Gasteiger partial charge in [0.15, 0.2) is 0 Å². The number of hydrogen-bond acceptors (Lipinski definition) is 3. The van der Waals surface area contributed by atoms with E-state index in [-0.39, 0.29) is 30.7 Å². The largest absolute Gasteiger partial charge is 0.350 e. The maximum Gasteiger partial charge on any atom is 0.243 e. The molecule has 1 N–H and O–H groups in total. The van der Waals surface area contributed by atoms with E-state index >= 15 is 0 Å². The summed E-state index contributed by atoms with van der Waals surface area (Å²) < 4.78 is 0. The SMILES string of the molecule is CC(NC(=O)CCC(=O)N1CCC(c2ccccc2)=N1)c1ccc2ccccc2c1. The Hall–Kier alpha value is -3.47. The molecule has 3 aromatic rings. The zero-order valence-electron chi connectivity index (χ0n) is 17.0. The number of amides is 2. The molecule has 0 saturated carbocycles. The number of carbonyl (C=O) groups excluding carboxylic acids is 2. The van der Waals surface area contributed by atoms with Crippen LogP contribution in [0, 0.1) is 0 Å². The van der Waals surface area contributed by atoms with Crippen molar-refractivity contribution in [3.63, 3.8) is 0 Å². The second-order valence-corrected chi connectivity index (χ2v) is 7.58. The molecule has 1 heterocycles. The number of nitrogens with zero attached hydrogens (tertiary/aromatic N) is 2. The molecule has 3 aromatic carbocycles. The van der Waals surface area contributed by atoms with Gasteiger partial charge in [0.25, 0.3) is 0 Å². The maximum atomic E-state index is 12.5. The lowest BCUT2D eigenvalue weighted by atomic mass is 10.0. The van der Waals surface area contributed by atoms with Crippen LogP contribution in [0.4, 0.5) is 0 Å². The van der Waals surface area contributed by atoms with Gasteiger partial charge in [-0.15, -0.1) is 0 Å². The van der Waals surface area contributed by atoms with E-state index in [1.807, 2.05) is 55.5 Å². The zero-order chi connectivity index (χ0) is 20.9. The molecule has 1 atom stereocenters. The van der Waals surface area contributed by atoms with Crippen LogP contribution < -0.4 is 5.32 Å². The summed E-state index contributed by atoms with van der Waals surface area (Å²) in [5, 5.41) is 11.2. The van der Waals surface area contributed by atoms with Gasteiger partial charge in [-0.3, -0.25) is 9.59 Å². The Morgan fingerprint density at radius 1 is 0.967 bits per heavy atom. The average molecular weight is 399 g/mol. The lowest BCUT2D eigenvalue weighted by Crippen LogP contribution is -2.29. The summed E-state index contributed by atoms with van der Waals surface area (Å²) in [7, 11) is 0. The molecule has 1 aliphatic heterocycles. The van der Waals surface area contributed by atoms with Crippen molar-refractivity contribution in [2.45, 2.75) is 32.2 Å². The van der Waals surface area contributed by atoms with Crippen LogP contribution in [0.1, 0.15) is 43.4 Å². The summed E-state index contributed by atoms with van der Waals surface area (Å²) in [5.74, 6) is -0.245. The highest BCUT2D eigenvalue weighted by atomic mass is 16.2. The van der Waals surface area contributed by atoms with Gasteiger partial charge < -0.3 is 5.32 Å². The van der Waals surface area contributed by atoms with Crippen molar-refractivity contribution in [3.05, 3.63) is 83.9 Å². The quantitative estimate of drug-likeness (QED) is 0.666. The number of hydrazone groups is 1. The number of hydrogen-bond donors (Lipinski definition) is 1. The number of rotatable bonds is 6. The minimum absolute atomic E-state index is 0.116. The topological polar surface area (TPSA) is 61.8 Å². The fourth-order valence-electron chi connectivity index (χ4n) is 3.69. The van der Waals surface area contributed by atoms with Crippen molar-refractivity contribution in [1.82, 2.24) is 10.3 Å². The predicted octanol–water partition coefficient (Wildman–Crippen LogP) is 4.43. The van der Waals surface area contributed by atoms with Crippen molar-refractivity contribution in [2.24, 2.45) is 5.10 Å². The Labute approximate surface area is 176 Å². The summed E-state index contributed by atoms with van der Waals surface area (Å²) in [6, 6.07) is 24.1. The first-order valence-electron chi connectivity index (χ1n) is 10.3. The van der Waals surface area contributed by atoms with Crippen LogP contribution in [0.3, 0.4) is 0 Å². The molecule has 4 rings (SSSR count). The number of benzene rings is 3. The molecule has 30 heavy (non-hydrogen) atoms. The van der Waals surface area contributed by atoms with E-state index in [9.17, 15) is 9.59 Å². The second kappa shape index (κ2) is 8.91. The minimum atomic E-state index is -0.129. The maximum absolute atomic E-state index is 12.5. The number of carbonyl (C=O) groups is 2. The van der Waals surface area contributed by atoms with E-state index in [1.54, 1.807) is 0 Å². The van der Waals surface area contributed by atoms with Crippen LogP contribution in [-0.2, 0) is 9.59 Å². The molecular weight excluding hydrogens is 374 g/mol. The van der Waals surface area contributed by atoms with Crippen molar-refractivity contribution in [1.29, 1.82) is 0 Å². The molecule has 0 bridgehead atoms.